The van der Waals surface area contributed by atoms with Crippen molar-refractivity contribution in [3.8, 4) is 5.69 Å². The lowest BCUT2D eigenvalue weighted by molar-refractivity contribution is 0.194. The zero-order valence-corrected chi connectivity index (χ0v) is 13.6. The highest BCUT2D eigenvalue weighted by Gasteiger charge is 2.11. The zero-order valence-electron chi connectivity index (χ0n) is 13.6. The molecule has 0 spiro atoms. The van der Waals surface area contributed by atoms with Crippen molar-refractivity contribution in [2.24, 2.45) is 0 Å². The molecule has 0 radical (unpaired) electrons. The SMILES string of the molecule is COCCCNCc1cc(C)n(-c2ccccc2C)c1C. The van der Waals surface area contributed by atoms with E-state index < -0.39 is 0 Å². The van der Waals surface area contributed by atoms with Gasteiger partial charge in [0.1, 0.15) is 0 Å². The van der Waals surface area contributed by atoms with Gasteiger partial charge in [-0.2, -0.15) is 0 Å². The topological polar surface area (TPSA) is 26.2 Å². The predicted octanol–water partition coefficient (Wildman–Crippen LogP) is 3.53. The highest BCUT2D eigenvalue weighted by Crippen LogP contribution is 2.23. The monoisotopic (exact) mass is 286 g/mol. The molecule has 3 heteroatoms. The van der Waals surface area contributed by atoms with Crippen LogP contribution in [0.3, 0.4) is 0 Å². The molecule has 1 aromatic carbocycles. The molecular weight excluding hydrogens is 260 g/mol. The van der Waals surface area contributed by atoms with Crippen LogP contribution in [-0.2, 0) is 11.3 Å². The maximum atomic E-state index is 5.07. The Bertz CT molecular complexity index is 587. The fourth-order valence-electron chi connectivity index (χ4n) is 2.76. The van der Waals surface area contributed by atoms with Crippen molar-refractivity contribution in [1.29, 1.82) is 0 Å². The lowest BCUT2D eigenvalue weighted by atomic mass is 10.2. The zero-order chi connectivity index (χ0) is 15.2. The van der Waals surface area contributed by atoms with Crippen LogP contribution in [0.25, 0.3) is 5.69 Å². The summed E-state index contributed by atoms with van der Waals surface area (Å²) >= 11 is 0. The largest absolute Gasteiger partial charge is 0.385 e. The molecular formula is C18H26N2O. The average molecular weight is 286 g/mol. The molecule has 0 saturated carbocycles. The number of para-hydroxylation sites is 1. The van der Waals surface area contributed by atoms with E-state index >= 15 is 0 Å². The fraction of sp³-hybridized carbons (Fsp3) is 0.444. The standard InChI is InChI=1S/C18H26N2O/c1-14-8-5-6-9-18(14)20-15(2)12-17(16(20)3)13-19-10-7-11-21-4/h5-6,8-9,12,19H,7,10-11,13H2,1-4H3. The minimum absolute atomic E-state index is 0.815. The van der Waals surface area contributed by atoms with Gasteiger partial charge in [-0.25, -0.2) is 0 Å². The summed E-state index contributed by atoms with van der Waals surface area (Å²) in [5.41, 5.74) is 6.56. The summed E-state index contributed by atoms with van der Waals surface area (Å²) in [7, 11) is 1.75. The summed E-state index contributed by atoms with van der Waals surface area (Å²) in [5, 5.41) is 3.49. The number of benzene rings is 1. The highest BCUT2D eigenvalue weighted by molar-refractivity contribution is 5.46. The van der Waals surface area contributed by atoms with E-state index in [4.69, 9.17) is 4.74 Å². The molecule has 114 valence electrons. The Morgan fingerprint density at radius 3 is 2.62 bits per heavy atom. The normalized spacial score (nSPS) is 11.0. The van der Waals surface area contributed by atoms with Gasteiger partial charge in [0.25, 0.3) is 0 Å². The van der Waals surface area contributed by atoms with Crippen LogP contribution >= 0.6 is 0 Å². The molecule has 2 rings (SSSR count). The Hall–Kier alpha value is -1.58. The molecule has 0 aliphatic carbocycles. The van der Waals surface area contributed by atoms with Crippen molar-refractivity contribution in [3.05, 3.63) is 52.8 Å². The molecule has 0 fully saturated rings. The van der Waals surface area contributed by atoms with Crippen molar-refractivity contribution in [1.82, 2.24) is 9.88 Å². The number of rotatable bonds is 7. The molecule has 21 heavy (non-hydrogen) atoms. The molecule has 0 saturated heterocycles. The van der Waals surface area contributed by atoms with Gasteiger partial charge < -0.3 is 14.6 Å². The van der Waals surface area contributed by atoms with Crippen molar-refractivity contribution in [2.75, 3.05) is 20.3 Å². The summed E-state index contributed by atoms with van der Waals surface area (Å²) in [6, 6.07) is 10.8. The van der Waals surface area contributed by atoms with E-state index in [9.17, 15) is 0 Å². The van der Waals surface area contributed by atoms with Gasteiger partial charge in [0.05, 0.1) is 0 Å². The van der Waals surface area contributed by atoms with E-state index in [1.54, 1.807) is 7.11 Å². The van der Waals surface area contributed by atoms with Crippen LogP contribution in [0.1, 0.15) is 28.9 Å². The lowest BCUT2D eigenvalue weighted by Gasteiger charge is -2.13. The van der Waals surface area contributed by atoms with Crippen LogP contribution in [-0.4, -0.2) is 24.8 Å². The Balaban J connectivity index is 2.13. The van der Waals surface area contributed by atoms with Crippen LogP contribution in [0.2, 0.25) is 0 Å². The molecule has 1 aromatic heterocycles. The van der Waals surface area contributed by atoms with E-state index in [1.807, 2.05) is 0 Å². The third-order valence-corrected chi connectivity index (χ3v) is 3.91. The maximum Gasteiger partial charge on any atom is 0.0484 e. The lowest BCUT2D eigenvalue weighted by Crippen LogP contribution is -2.16. The molecule has 0 unspecified atom stereocenters. The minimum Gasteiger partial charge on any atom is -0.385 e. The van der Waals surface area contributed by atoms with Crippen LogP contribution in [0, 0.1) is 20.8 Å². The van der Waals surface area contributed by atoms with Crippen LogP contribution < -0.4 is 5.32 Å². The smallest absolute Gasteiger partial charge is 0.0484 e. The van der Waals surface area contributed by atoms with E-state index in [-0.39, 0.29) is 0 Å². The van der Waals surface area contributed by atoms with Crippen molar-refractivity contribution in [3.63, 3.8) is 0 Å². The maximum absolute atomic E-state index is 5.07. The number of nitrogens with one attached hydrogen (secondary N) is 1. The first kappa shape index (κ1) is 15.8. The molecule has 2 aromatic rings. The Kier molecular flexibility index (Phi) is 5.59. The summed E-state index contributed by atoms with van der Waals surface area (Å²) < 4.78 is 7.42. The fourth-order valence-corrected chi connectivity index (χ4v) is 2.76. The van der Waals surface area contributed by atoms with Crippen molar-refractivity contribution < 1.29 is 4.74 Å². The molecule has 0 amide bonds. The Morgan fingerprint density at radius 2 is 1.90 bits per heavy atom. The molecule has 0 aliphatic rings. The van der Waals surface area contributed by atoms with E-state index in [0.717, 1.165) is 26.1 Å². The summed E-state index contributed by atoms with van der Waals surface area (Å²) in [4.78, 5) is 0. The Morgan fingerprint density at radius 1 is 1.14 bits per heavy atom. The summed E-state index contributed by atoms with van der Waals surface area (Å²) in [6.45, 7) is 9.25. The third-order valence-electron chi connectivity index (χ3n) is 3.91. The van der Waals surface area contributed by atoms with Gasteiger partial charge in [-0.3, -0.25) is 0 Å². The van der Waals surface area contributed by atoms with Gasteiger partial charge in [-0.1, -0.05) is 18.2 Å². The van der Waals surface area contributed by atoms with Gasteiger partial charge in [0.2, 0.25) is 0 Å². The van der Waals surface area contributed by atoms with Crippen molar-refractivity contribution >= 4 is 0 Å². The third kappa shape index (κ3) is 3.74. The Labute approximate surface area is 127 Å². The van der Waals surface area contributed by atoms with Gasteiger partial charge in [0, 0.05) is 37.3 Å². The molecule has 1 N–H and O–H groups in total. The molecule has 0 atom stereocenters. The number of aryl methyl sites for hydroxylation is 2. The van der Waals surface area contributed by atoms with Gasteiger partial charge in [-0.15, -0.1) is 0 Å². The van der Waals surface area contributed by atoms with E-state index in [1.165, 1.54) is 28.2 Å². The second-order valence-corrected chi connectivity index (χ2v) is 5.54. The van der Waals surface area contributed by atoms with Crippen LogP contribution in [0.5, 0.6) is 0 Å². The van der Waals surface area contributed by atoms with Gasteiger partial charge in [-0.05, 0) is 57.0 Å². The number of nitrogens with zero attached hydrogens (tertiary/aromatic N) is 1. The number of methoxy groups -OCH3 is 1. The second kappa shape index (κ2) is 7.43. The molecule has 0 aliphatic heterocycles. The quantitative estimate of drug-likeness (QED) is 0.788. The predicted molar refractivity (Wildman–Crippen MR) is 88.2 cm³/mol. The van der Waals surface area contributed by atoms with Crippen molar-refractivity contribution in [2.45, 2.75) is 33.7 Å². The second-order valence-electron chi connectivity index (χ2n) is 5.54. The average Bonchev–Trinajstić information content (AvgIpc) is 2.74. The van der Waals surface area contributed by atoms with Gasteiger partial charge in [0.15, 0.2) is 0 Å². The first-order valence-electron chi connectivity index (χ1n) is 7.58. The highest BCUT2D eigenvalue weighted by atomic mass is 16.5. The number of ether oxygens (including phenoxy) is 1. The number of aromatic nitrogens is 1. The first-order valence-corrected chi connectivity index (χ1v) is 7.58. The minimum atomic E-state index is 0.815. The summed E-state index contributed by atoms with van der Waals surface area (Å²) in [6.07, 6.45) is 1.05. The van der Waals surface area contributed by atoms with Crippen LogP contribution in [0.4, 0.5) is 0 Å². The van der Waals surface area contributed by atoms with Crippen LogP contribution in [0.15, 0.2) is 30.3 Å². The number of hydrogen-bond acceptors (Lipinski definition) is 2. The summed E-state index contributed by atoms with van der Waals surface area (Å²) in [5.74, 6) is 0. The van der Waals surface area contributed by atoms with E-state index in [0.29, 0.717) is 0 Å². The molecule has 3 nitrogen and oxygen atoms in total. The first-order chi connectivity index (χ1) is 10.1. The molecule has 0 bridgehead atoms. The number of hydrogen-bond donors (Lipinski definition) is 1. The van der Waals surface area contributed by atoms with E-state index in [2.05, 4.69) is 61.0 Å². The molecule has 1 heterocycles. The van der Waals surface area contributed by atoms with Gasteiger partial charge >= 0.3 is 0 Å².